The molecule has 0 saturated carbocycles. The molecular formula is C9H18O2. The van der Waals surface area contributed by atoms with Gasteiger partial charge < -0.3 is 4.74 Å². The predicted molar refractivity (Wildman–Crippen MR) is 45.6 cm³/mol. The highest BCUT2D eigenvalue weighted by molar-refractivity contribution is 5.79. The number of carbonyl (C=O) groups excluding carboxylic acids is 1. The first-order chi connectivity index (χ1) is 5.16. The molecule has 0 aromatic rings. The smallest absolute Gasteiger partial charge is 0.158 e. The normalized spacial score (nSPS) is 10.5. The van der Waals surface area contributed by atoms with Crippen LogP contribution in [0.5, 0.6) is 0 Å². The van der Waals surface area contributed by atoms with Crippen LogP contribution in [0.25, 0.3) is 0 Å². The average molecular weight is 158 g/mol. The van der Waals surface area contributed by atoms with Gasteiger partial charge in [0.2, 0.25) is 0 Å². The second-order valence-electron chi connectivity index (χ2n) is 3.11. The summed E-state index contributed by atoms with van der Waals surface area (Å²) in [5, 5.41) is 0. The van der Waals surface area contributed by atoms with Gasteiger partial charge in [-0.25, -0.2) is 0 Å². The summed E-state index contributed by atoms with van der Waals surface area (Å²) in [6.07, 6.45) is 1.64. The van der Waals surface area contributed by atoms with Crippen molar-refractivity contribution < 1.29 is 9.53 Å². The van der Waals surface area contributed by atoms with E-state index in [0.29, 0.717) is 25.6 Å². The summed E-state index contributed by atoms with van der Waals surface area (Å²) < 4.78 is 4.98. The van der Waals surface area contributed by atoms with E-state index in [9.17, 15) is 4.79 Å². The van der Waals surface area contributed by atoms with E-state index in [1.165, 1.54) is 0 Å². The average Bonchev–Trinajstić information content (AvgIpc) is 1.97. The van der Waals surface area contributed by atoms with Gasteiger partial charge in [-0.05, 0) is 19.3 Å². The molecule has 0 fully saturated rings. The van der Waals surface area contributed by atoms with Crippen molar-refractivity contribution in [2.45, 2.75) is 33.6 Å². The summed E-state index contributed by atoms with van der Waals surface area (Å²) in [5.41, 5.74) is 0. The molecule has 2 nitrogen and oxygen atoms in total. The number of hydrogen-bond donors (Lipinski definition) is 0. The lowest BCUT2D eigenvalue weighted by molar-refractivity contribution is -0.123. The minimum Gasteiger partial charge on any atom is -0.374 e. The molecule has 0 N–H and O–H groups in total. The fraction of sp³-hybridized carbons (Fsp3) is 0.889. The van der Waals surface area contributed by atoms with Crippen molar-refractivity contribution in [3.05, 3.63) is 0 Å². The Hall–Kier alpha value is -0.370. The Morgan fingerprint density at radius 3 is 2.55 bits per heavy atom. The first-order valence-electron chi connectivity index (χ1n) is 4.26. The summed E-state index contributed by atoms with van der Waals surface area (Å²) in [7, 11) is 0. The monoisotopic (exact) mass is 158 g/mol. The molecule has 0 bridgehead atoms. The van der Waals surface area contributed by atoms with E-state index in [0.717, 1.165) is 6.42 Å². The fourth-order valence-corrected chi connectivity index (χ4v) is 0.738. The second kappa shape index (κ2) is 6.35. The van der Waals surface area contributed by atoms with Crippen LogP contribution >= 0.6 is 0 Å². The molecule has 0 aliphatic rings. The minimum absolute atomic E-state index is 0.223. The maximum Gasteiger partial charge on any atom is 0.158 e. The van der Waals surface area contributed by atoms with E-state index >= 15 is 0 Å². The molecule has 0 aliphatic heterocycles. The molecule has 0 spiro atoms. The van der Waals surface area contributed by atoms with Crippen molar-refractivity contribution >= 4 is 5.78 Å². The molecule has 0 amide bonds. The quantitative estimate of drug-likeness (QED) is 0.591. The van der Waals surface area contributed by atoms with Crippen LogP contribution in [0.1, 0.15) is 33.6 Å². The number of ketones is 1. The van der Waals surface area contributed by atoms with E-state index in [1.807, 2.05) is 6.92 Å². The van der Waals surface area contributed by atoms with Crippen molar-refractivity contribution in [2.75, 3.05) is 13.2 Å². The van der Waals surface area contributed by atoms with Crippen molar-refractivity contribution in [1.82, 2.24) is 0 Å². The van der Waals surface area contributed by atoms with Gasteiger partial charge in [-0.3, -0.25) is 4.79 Å². The van der Waals surface area contributed by atoms with Crippen LogP contribution in [-0.4, -0.2) is 19.0 Å². The Labute approximate surface area is 68.9 Å². The molecule has 0 unspecified atom stereocenters. The molecule has 0 aliphatic carbocycles. The lowest BCUT2D eigenvalue weighted by Gasteiger charge is -2.03. The standard InChI is InChI=1S/C9H18O2/c1-4-11-7-9(10)6-5-8(2)3/h8H,4-7H2,1-3H3. The van der Waals surface area contributed by atoms with Crippen molar-refractivity contribution in [2.24, 2.45) is 5.92 Å². The van der Waals surface area contributed by atoms with Crippen molar-refractivity contribution in [1.29, 1.82) is 0 Å². The van der Waals surface area contributed by atoms with E-state index in [2.05, 4.69) is 13.8 Å². The summed E-state index contributed by atoms with van der Waals surface area (Å²) in [5.74, 6) is 0.834. The number of Topliss-reactive ketones (excluding diaryl/α,β-unsaturated/α-hetero) is 1. The van der Waals surface area contributed by atoms with Gasteiger partial charge in [-0.2, -0.15) is 0 Å². The lowest BCUT2D eigenvalue weighted by Crippen LogP contribution is -2.09. The van der Waals surface area contributed by atoms with Gasteiger partial charge in [0.15, 0.2) is 5.78 Å². The zero-order valence-corrected chi connectivity index (χ0v) is 7.72. The van der Waals surface area contributed by atoms with Crippen LogP contribution in [0.2, 0.25) is 0 Å². The third-order valence-corrected chi connectivity index (χ3v) is 1.47. The van der Waals surface area contributed by atoms with Gasteiger partial charge >= 0.3 is 0 Å². The van der Waals surface area contributed by atoms with E-state index < -0.39 is 0 Å². The number of ether oxygens (including phenoxy) is 1. The molecule has 0 atom stereocenters. The predicted octanol–water partition coefficient (Wildman–Crippen LogP) is 2.03. The minimum atomic E-state index is 0.223. The molecule has 0 radical (unpaired) electrons. The van der Waals surface area contributed by atoms with Gasteiger partial charge in [0.05, 0.1) is 0 Å². The molecular weight excluding hydrogens is 140 g/mol. The van der Waals surface area contributed by atoms with Crippen LogP contribution in [0, 0.1) is 5.92 Å². The van der Waals surface area contributed by atoms with Crippen molar-refractivity contribution in [3.63, 3.8) is 0 Å². The van der Waals surface area contributed by atoms with Crippen LogP contribution < -0.4 is 0 Å². The maximum atomic E-state index is 11.0. The topological polar surface area (TPSA) is 26.3 Å². The molecule has 0 aromatic carbocycles. The summed E-state index contributed by atoms with van der Waals surface area (Å²) >= 11 is 0. The Bertz CT molecular complexity index is 108. The second-order valence-corrected chi connectivity index (χ2v) is 3.11. The first kappa shape index (κ1) is 10.6. The van der Waals surface area contributed by atoms with E-state index in [-0.39, 0.29) is 5.78 Å². The lowest BCUT2D eigenvalue weighted by atomic mass is 10.1. The third kappa shape index (κ3) is 7.53. The third-order valence-electron chi connectivity index (χ3n) is 1.47. The molecule has 2 heteroatoms. The summed E-state index contributed by atoms with van der Waals surface area (Å²) in [4.78, 5) is 11.0. The fourth-order valence-electron chi connectivity index (χ4n) is 0.738. The Kier molecular flexibility index (Phi) is 6.13. The Balaban J connectivity index is 3.23. The van der Waals surface area contributed by atoms with Gasteiger partial charge in [-0.15, -0.1) is 0 Å². The first-order valence-corrected chi connectivity index (χ1v) is 4.26. The van der Waals surface area contributed by atoms with Gasteiger partial charge in [-0.1, -0.05) is 13.8 Å². The maximum absolute atomic E-state index is 11.0. The summed E-state index contributed by atoms with van der Waals surface area (Å²) in [6.45, 7) is 7.06. The SMILES string of the molecule is CCOCC(=O)CCC(C)C. The van der Waals surface area contributed by atoms with Gasteiger partial charge in [0, 0.05) is 13.0 Å². The van der Waals surface area contributed by atoms with Crippen LogP contribution in [0.15, 0.2) is 0 Å². The number of carbonyl (C=O) groups is 1. The highest BCUT2D eigenvalue weighted by Crippen LogP contribution is 2.03. The largest absolute Gasteiger partial charge is 0.374 e. The van der Waals surface area contributed by atoms with Crippen LogP contribution in [0.4, 0.5) is 0 Å². The highest BCUT2D eigenvalue weighted by atomic mass is 16.5. The van der Waals surface area contributed by atoms with Crippen LogP contribution in [-0.2, 0) is 9.53 Å². The zero-order chi connectivity index (χ0) is 8.69. The highest BCUT2D eigenvalue weighted by Gasteiger charge is 2.02. The summed E-state index contributed by atoms with van der Waals surface area (Å²) in [6, 6.07) is 0. The van der Waals surface area contributed by atoms with Gasteiger partial charge in [0.25, 0.3) is 0 Å². The van der Waals surface area contributed by atoms with Crippen LogP contribution in [0.3, 0.4) is 0 Å². The molecule has 0 aromatic heterocycles. The van der Waals surface area contributed by atoms with E-state index in [1.54, 1.807) is 0 Å². The molecule has 0 heterocycles. The Morgan fingerprint density at radius 1 is 1.45 bits per heavy atom. The molecule has 0 rings (SSSR count). The van der Waals surface area contributed by atoms with Crippen molar-refractivity contribution in [3.8, 4) is 0 Å². The number of hydrogen-bond acceptors (Lipinski definition) is 2. The Morgan fingerprint density at radius 2 is 2.09 bits per heavy atom. The van der Waals surface area contributed by atoms with E-state index in [4.69, 9.17) is 4.74 Å². The molecule has 0 saturated heterocycles. The number of rotatable bonds is 6. The molecule has 11 heavy (non-hydrogen) atoms. The zero-order valence-electron chi connectivity index (χ0n) is 7.72. The molecule has 66 valence electrons. The van der Waals surface area contributed by atoms with Gasteiger partial charge in [0.1, 0.15) is 6.61 Å².